The quantitative estimate of drug-likeness (QED) is 0.749. The topological polar surface area (TPSA) is 74.7 Å². The second-order valence-electron chi connectivity index (χ2n) is 5.45. The Labute approximate surface area is 124 Å². The predicted octanol–water partition coefficient (Wildman–Crippen LogP) is 2.26. The third-order valence-corrected chi connectivity index (χ3v) is 2.22. The van der Waals surface area contributed by atoms with E-state index in [2.05, 4.69) is 4.98 Å². The van der Waals surface area contributed by atoms with Gasteiger partial charge in [-0.2, -0.15) is 0 Å². The van der Waals surface area contributed by atoms with E-state index in [-0.39, 0.29) is 31.6 Å². The number of carbonyl (C=O) groups excluding carboxylic acids is 2. The maximum Gasteiger partial charge on any atom is 0.309 e. The Kier molecular flexibility index (Phi) is 6.14. The van der Waals surface area contributed by atoms with Gasteiger partial charge in [-0.1, -0.05) is 0 Å². The summed E-state index contributed by atoms with van der Waals surface area (Å²) < 4.78 is 15.4. The number of nitrogens with zero attached hydrogens (tertiary/aromatic N) is 1. The van der Waals surface area contributed by atoms with Gasteiger partial charge in [0.1, 0.15) is 18.0 Å². The Morgan fingerprint density at radius 2 is 1.95 bits per heavy atom. The van der Waals surface area contributed by atoms with Gasteiger partial charge in [0, 0.05) is 6.92 Å². The summed E-state index contributed by atoms with van der Waals surface area (Å²) in [5, 5.41) is 0. The van der Waals surface area contributed by atoms with Crippen molar-refractivity contribution in [3.63, 3.8) is 0 Å². The highest BCUT2D eigenvalue weighted by Gasteiger charge is 2.15. The smallest absolute Gasteiger partial charge is 0.309 e. The summed E-state index contributed by atoms with van der Waals surface area (Å²) >= 11 is 0. The first-order valence-corrected chi connectivity index (χ1v) is 6.69. The molecule has 0 spiro atoms. The normalized spacial score (nSPS) is 10.9. The van der Waals surface area contributed by atoms with Gasteiger partial charge in [-0.25, -0.2) is 0 Å². The molecular weight excluding hydrogens is 274 g/mol. The molecule has 0 bridgehead atoms. The van der Waals surface area contributed by atoms with E-state index < -0.39 is 5.60 Å². The highest BCUT2D eigenvalue weighted by molar-refractivity contribution is 5.70. The van der Waals surface area contributed by atoms with Gasteiger partial charge in [-0.05, 0) is 32.9 Å². The van der Waals surface area contributed by atoms with Crippen LogP contribution in [0.3, 0.4) is 0 Å². The van der Waals surface area contributed by atoms with Crippen molar-refractivity contribution < 1.29 is 23.8 Å². The maximum atomic E-state index is 11.5. The molecule has 21 heavy (non-hydrogen) atoms. The number of esters is 2. The molecule has 1 rings (SSSR count). The lowest BCUT2D eigenvalue weighted by Gasteiger charge is -2.19. The zero-order valence-corrected chi connectivity index (χ0v) is 12.8. The van der Waals surface area contributed by atoms with Crippen molar-refractivity contribution >= 4 is 11.9 Å². The maximum absolute atomic E-state index is 11.5. The van der Waals surface area contributed by atoms with Gasteiger partial charge in [-0.15, -0.1) is 0 Å². The van der Waals surface area contributed by atoms with Crippen LogP contribution in [0.5, 0.6) is 5.75 Å². The van der Waals surface area contributed by atoms with Crippen molar-refractivity contribution in [1.82, 2.24) is 4.98 Å². The molecule has 0 fully saturated rings. The van der Waals surface area contributed by atoms with Gasteiger partial charge in [0.2, 0.25) is 0 Å². The van der Waals surface area contributed by atoms with Crippen LogP contribution in [0.15, 0.2) is 18.3 Å². The minimum atomic E-state index is -0.489. The van der Waals surface area contributed by atoms with Crippen LogP contribution in [-0.4, -0.2) is 29.1 Å². The Morgan fingerprint density at radius 1 is 1.24 bits per heavy atom. The van der Waals surface area contributed by atoms with E-state index in [0.717, 1.165) is 0 Å². The van der Waals surface area contributed by atoms with Crippen LogP contribution in [0.1, 0.15) is 39.8 Å². The number of hydrogen-bond acceptors (Lipinski definition) is 6. The van der Waals surface area contributed by atoms with Crippen molar-refractivity contribution in [2.75, 3.05) is 6.61 Å². The minimum absolute atomic E-state index is 0.132. The minimum Gasteiger partial charge on any atom is -0.491 e. The van der Waals surface area contributed by atoms with E-state index in [9.17, 15) is 9.59 Å². The third kappa shape index (κ3) is 7.91. The number of rotatable bonds is 6. The van der Waals surface area contributed by atoms with Crippen LogP contribution in [-0.2, 0) is 25.7 Å². The molecule has 0 aliphatic heterocycles. The molecule has 0 atom stereocenters. The van der Waals surface area contributed by atoms with Gasteiger partial charge in [-0.3, -0.25) is 14.6 Å². The summed E-state index contributed by atoms with van der Waals surface area (Å²) in [6.45, 7) is 7.15. The second kappa shape index (κ2) is 7.61. The lowest BCUT2D eigenvalue weighted by atomic mass is 10.2. The molecule has 1 aromatic rings. The van der Waals surface area contributed by atoms with E-state index in [1.165, 1.54) is 13.1 Å². The van der Waals surface area contributed by atoms with Crippen LogP contribution in [0.2, 0.25) is 0 Å². The van der Waals surface area contributed by atoms with E-state index >= 15 is 0 Å². The first-order valence-electron chi connectivity index (χ1n) is 6.69. The molecule has 0 aliphatic carbocycles. The molecule has 0 saturated heterocycles. The molecule has 0 radical (unpaired) electrons. The highest BCUT2D eigenvalue weighted by Crippen LogP contribution is 2.12. The van der Waals surface area contributed by atoms with Crippen LogP contribution < -0.4 is 4.74 Å². The Hall–Kier alpha value is -2.11. The van der Waals surface area contributed by atoms with Gasteiger partial charge in [0.15, 0.2) is 0 Å². The Balaban J connectivity index is 2.33. The molecule has 0 aromatic carbocycles. The molecule has 1 aromatic heterocycles. The summed E-state index contributed by atoms with van der Waals surface area (Å²) in [7, 11) is 0. The van der Waals surface area contributed by atoms with Crippen molar-refractivity contribution in [2.24, 2.45) is 0 Å². The zero-order chi connectivity index (χ0) is 15.9. The summed E-state index contributed by atoms with van der Waals surface area (Å²) in [4.78, 5) is 26.2. The molecule has 116 valence electrons. The third-order valence-electron chi connectivity index (χ3n) is 2.22. The van der Waals surface area contributed by atoms with Crippen LogP contribution in [0.25, 0.3) is 0 Å². The standard InChI is InChI=1S/C15H21NO5/c1-11(17)20-10-12-5-6-13(9-16-12)19-8-7-14(18)21-15(2,3)4/h5-6,9H,7-8,10H2,1-4H3. The monoisotopic (exact) mass is 295 g/mol. The van der Waals surface area contributed by atoms with Gasteiger partial charge >= 0.3 is 11.9 Å². The number of pyridine rings is 1. The van der Waals surface area contributed by atoms with Crippen LogP contribution in [0.4, 0.5) is 0 Å². The molecule has 0 amide bonds. The Bertz CT molecular complexity index is 476. The first kappa shape index (κ1) is 16.9. The molecule has 0 N–H and O–H groups in total. The molecule has 0 aliphatic rings. The predicted molar refractivity (Wildman–Crippen MR) is 75.7 cm³/mol. The number of carbonyl (C=O) groups is 2. The fourth-order valence-corrected chi connectivity index (χ4v) is 1.40. The largest absolute Gasteiger partial charge is 0.491 e. The molecule has 6 heteroatoms. The van der Waals surface area contributed by atoms with Crippen molar-refractivity contribution in [3.05, 3.63) is 24.0 Å². The Morgan fingerprint density at radius 3 is 2.48 bits per heavy atom. The average Bonchev–Trinajstić information content (AvgIpc) is 2.35. The lowest BCUT2D eigenvalue weighted by molar-refractivity contribution is -0.155. The van der Waals surface area contributed by atoms with Crippen molar-refractivity contribution in [1.29, 1.82) is 0 Å². The average molecular weight is 295 g/mol. The van der Waals surface area contributed by atoms with Crippen LogP contribution >= 0.6 is 0 Å². The van der Waals surface area contributed by atoms with Crippen molar-refractivity contribution in [3.8, 4) is 5.75 Å². The van der Waals surface area contributed by atoms with Crippen LogP contribution in [0, 0.1) is 0 Å². The number of ether oxygens (including phenoxy) is 3. The molecule has 1 heterocycles. The second-order valence-corrected chi connectivity index (χ2v) is 5.45. The van der Waals surface area contributed by atoms with E-state index in [0.29, 0.717) is 11.4 Å². The first-order chi connectivity index (χ1) is 9.76. The van der Waals surface area contributed by atoms with E-state index in [1.807, 2.05) is 20.8 Å². The zero-order valence-electron chi connectivity index (χ0n) is 12.8. The van der Waals surface area contributed by atoms with Gasteiger partial charge in [0.05, 0.1) is 24.9 Å². The fraction of sp³-hybridized carbons (Fsp3) is 0.533. The summed E-state index contributed by atoms with van der Waals surface area (Å²) in [6.07, 6.45) is 1.69. The summed E-state index contributed by atoms with van der Waals surface area (Å²) in [6, 6.07) is 3.41. The van der Waals surface area contributed by atoms with Crippen molar-refractivity contribution in [2.45, 2.75) is 46.3 Å². The number of aromatic nitrogens is 1. The summed E-state index contributed by atoms with van der Waals surface area (Å²) in [5.41, 5.74) is 0.140. The van der Waals surface area contributed by atoms with E-state index in [1.54, 1.807) is 12.1 Å². The molecule has 6 nitrogen and oxygen atoms in total. The number of hydrogen-bond donors (Lipinski definition) is 0. The molecule has 0 unspecified atom stereocenters. The lowest BCUT2D eigenvalue weighted by Crippen LogP contribution is -2.24. The van der Waals surface area contributed by atoms with Gasteiger partial charge < -0.3 is 14.2 Å². The van der Waals surface area contributed by atoms with Gasteiger partial charge in [0.25, 0.3) is 0 Å². The molecular formula is C15H21NO5. The highest BCUT2D eigenvalue weighted by atomic mass is 16.6. The molecule has 0 saturated carbocycles. The van der Waals surface area contributed by atoms with E-state index in [4.69, 9.17) is 14.2 Å². The fourth-order valence-electron chi connectivity index (χ4n) is 1.40. The summed E-state index contributed by atoms with van der Waals surface area (Å²) in [5.74, 6) is -0.110. The SMILES string of the molecule is CC(=O)OCc1ccc(OCCC(=O)OC(C)(C)C)cn1.